The number of benzene rings is 3. The maximum atomic E-state index is 15.5. The molecule has 8 nitrogen and oxygen atoms in total. The van der Waals surface area contributed by atoms with Crippen molar-refractivity contribution in [3.8, 4) is 17.2 Å². The van der Waals surface area contributed by atoms with Crippen LogP contribution >= 0.6 is 0 Å². The molecular weight excluding hydrogens is 595 g/mol. The predicted molar refractivity (Wildman–Crippen MR) is 167 cm³/mol. The van der Waals surface area contributed by atoms with E-state index in [9.17, 15) is 28.7 Å². The van der Waals surface area contributed by atoms with Crippen molar-refractivity contribution in [2.24, 2.45) is 10.7 Å². The minimum absolute atomic E-state index is 0.0709. The molecule has 1 saturated heterocycles. The van der Waals surface area contributed by atoms with E-state index in [0.29, 0.717) is 70.8 Å². The Kier molecular flexibility index (Phi) is 7.68. The average Bonchev–Trinajstić information content (AvgIpc) is 3.80. The molecule has 3 aromatic carbocycles. The molecule has 1 aliphatic carbocycles. The molecule has 11 heteroatoms. The van der Waals surface area contributed by atoms with E-state index in [0.717, 1.165) is 25.3 Å². The minimum Gasteiger partial charge on any atom is -0.378 e. The van der Waals surface area contributed by atoms with Crippen molar-refractivity contribution in [1.82, 2.24) is 5.32 Å². The number of carbonyl (C=O) groups excluding carboxylic acids is 2. The molecular formula is C35H34F3N5O3. The van der Waals surface area contributed by atoms with Crippen LogP contribution in [0.4, 0.5) is 18.9 Å². The third-order valence-corrected chi connectivity index (χ3v) is 9.35. The molecule has 4 N–H and O–H groups in total. The van der Waals surface area contributed by atoms with Gasteiger partial charge in [0.1, 0.15) is 28.8 Å². The average molecular weight is 630 g/mol. The van der Waals surface area contributed by atoms with E-state index in [1.165, 1.54) is 18.2 Å². The highest BCUT2D eigenvalue weighted by molar-refractivity contribution is 6.16. The number of piperidine rings is 1. The predicted octanol–water partition coefficient (Wildman–Crippen LogP) is 5.40. The second-order valence-corrected chi connectivity index (χ2v) is 12.7. The van der Waals surface area contributed by atoms with Gasteiger partial charge in [0.2, 0.25) is 0 Å². The molecule has 0 bridgehead atoms. The number of amidine groups is 1. The standard InChI is InChI=1S/C35H34F3N5O3/c1-18-12-22(30(44)31(40)45)13-19(2)29(18)21-14-27(36)26(17-39)28(15-21)43-10-8-35(9-11-43)33(46)41-32(42-35)24-7-6-23(34(3,37)38)16-25(24)20-4-5-20/h6-7,12-16,20,30,44H,4-5,8-11H2,1-3H3,(H2,40,45)(H,41,42,46). The van der Waals surface area contributed by atoms with Crippen LogP contribution in [0, 0.1) is 31.0 Å². The largest absolute Gasteiger partial charge is 0.378 e. The lowest BCUT2D eigenvalue weighted by Crippen LogP contribution is -2.49. The summed E-state index contributed by atoms with van der Waals surface area (Å²) in [5, 5.41) is 22.9. The number of aryl methyl sites for hydroxylation is 2. The van der Waals surface area contributed by atoms with Crippen molar-refractivity contribution in [2.45, 2.75) is 69.9 Å². The van der Waals surface area contributed by atoms with Gasteiger partial charge in [0.05, 0.1) is 5.69 Å². The molecule has 2 fully saturated rings. The highest BCUT2D eigenvalue weighted by Crippen LogP contribution is 2.45. The maximum absolute atomic E-state index is 15.5. The fourth-order valence-electron chi connectivity index (χ4n) is 6.76. The first kappa shape index (κ1) is 31.3. The number of aliphatic hydroxyl groups excluding tert-OH is 1. The summed E-state index contributed by atoms with van der Waals surface area (Å²) in [5.74, 6) is -4.28. The zero-order chi connectivity index (χ0) is 33.1. The number of anilines is 1. The molecule has 0 radical (unpaired) electrons. The molecule has 238 valence electrons. The fraction of sp³-hybridized carbons (Fsp3) is 0.371. The Balaban J connectivity index is 1.29. The second-order valence-electron chi connectivity index (χ2n) is 12.7. The van der Waals surface area contributed by atoms with Gasteiger partial charge in [-0.15, -0.1) is 0 Å². The highest BCUT2D eigenvalue weighted by Gasteiger charge is 2.47. The van der Waals surface area contributed by atoms with Gasteiger partial charge in [-0.25, -0.2) is 13.2 Å². The van der Waals surface area contributed by atoms with Crippen LogP contribution in [-0.2, 0) is 15.5 Å². The first-order chi connectivity index (χ1) is 21.7. The van der Waals surface area contributed by atoms with E-state index in [4.69, 9.17) is 10.7 Å². The Morgan fingerprint density at radius 3 is 2.37 bits per heavy atom. The lowest BCUT2D eigenvalue weighted by Gasteiger charge is -2.37. The van der Waals surface area contributed by atoms with E-state index in [2.05, 4.69) is 5.32 Å². The van der Waals surface area contributed by atoms with Crippen molar-refractivity contribution in [2.75, 3.05) is 18.0 Å². The highest BCUT2D eigenvalue weighted by atomic mass is 19.3. The summed E-state index contributed by atoms with van der Waals surface area (Å²) in [6.07, 6.45) is 0.920. The molecule has 46 heavy (non-hydrogen) atoms. The monoisotopic (exact) mass is 629 g/mol. The third kappa shape index (κ3) is 5.51. The van der Waals surface area contributed by atoms with E-state index < -0.39 is 29.3 Å². The first-order valence-electron chi connectivity index (χ1n) is 15.2. The maximum Gasteiger partial charge on any atom is 0.270 e. The van der Waals surface area contributed by atoms with Gasteiger partial charge in [-0.3, -0.25) is 14.6 Å². The number of halogens is 3. The summed E-state index contributed by atoms with van der Waals surface area (Å²) in [7, 11) is 0. The number of hydrogen-bond acceptors (Lipinski definition) is 6. The number of nitrogens with two attached hydrogens (primary N) is 1. The first-order valence-corrected chi connectivity index (χ1v) is 15.2. The molecule has 2 aliphatic heterocycles. The van der Waals surface area contributed by atoms with Crippen molar-refractivity contribution in [3.05, 3.63) is 87.2 Å². The summed E-state index contributed by atoms with van der Waals surface area (Å²) < 4.78 is 43.6. The Hall–Kier alpha value is -4.69. The molecule has 0 aromatic heterocycles. The number of alkyl halides is 2. The molecule has 1 saturated carbocycles. The number of nitriles is 1. The number of carbonyl (C=O) groups is 2. The molecule has 1 atom stereocenters. The Bertz CT molecular complexity index is 1820. The number of aliphatic hydroxyl groups is 1. The number of amides is 2. The van der Waals surface area contributed by atoms with Crippen LogP contribution in [-0.4, -0.2) is 41.4 Å². The summed E-state index contributed by atoms with van der Waals surface area (Å²) in [5.41, 5.74) is 8.76. The van der Waals surface area contributed by atoms with Crippen LogP contribution < -0.4 is 16.0 Å². The number of aliphatic imine (C=N–C) groups is 1. The van der Waals surface area contributed by atoms with Crippen molar-refractivity contribution in [3.63, 3.8) is 0 Å². The molecule has 6 rings (SSSR count). The Morgan fingerprint density at radius 1 is 1.15 bits per heavy atom. The van der Waals surface area contributed by atoms with Crippen LogP contribution in [0.5, 0.6) is 0 Å². The van der Waals surface area contributed by atoms with Gasteiger partial charge >= 0.3 is 0 Å². The van der Waals surface area contributed by atoms with Gasteiger partial charge in [-0.05, 0) is 97.0 Å². The topological polar surface area (TPSA) is 132 Å². The van der Waals surface area contributed by atoms with Crippen molar-refractivity contribution in [1.29, 1.82) is 5.26 Å². The molecule has 2 heterocycles. The lowest BCUT2D eigenvalue weighted by atomic mass is 9.87. The number of hydrogen-bond donors (Lipinski definition) is 3. The molecule has 1 unspecified atom stereocenters. The van der Waals surface area contributed by atoms with Crippen LogP contribution in [0.15, 0.2) is 47.5 Å². The SMILES string of the molecule is Cc1cc(C(O)C(N)=O)cc(C)c1-c1cc(F)c(C#N)c(N2CCC3(CC2)N=C(c2ccc(C(C)(F)F)cc2C2CC2)NC3=O)c1. The van der Waals surface area contributed by atoms with E-state index in [-0.39, 0.29) is 23.0 Å². The number of rotatable bonds is 7. The molecule has 3 aromatic rings. The number of nitrogens with one attached hydrogen (secondary N) is 1. The number of primary amides is 1. The smallest absolute Gasteiger partial charge is 0.270 e. The van der Waals surface area contributed by atoms with E-state index in [1.807, 2.05) is 11.0 Å². The van der Waals surface area contributed by atoms with Crippen LogP contribution in [0.1, 0.15) is 83.6 Å². The van der Waals surface area contributed by atoms with E-state index in [1.54, 1.807) is 38.1 Å². The van der Waals surface area contributed by atoms with Crippen LogP contribution in [0.2, 0.25) is 0 Å². The van der Waals surface area contributed by atoms with Gasteiger partial charge < -0.3 is 21.1 Å². The zero-order valence-electron chi connectivity index (χ0n) is 25.8. The summed E-state index contributed by atoms with van der Waals surface area (Å²) in [4.78, 5) is 31.6. The summed E-state index contributed by atoms with van der Waals surface area (Å²) >= 11 is 0. The van der Waals surface area contributed by atoms with Crippen LogP contribution in [0.25, 0.3) is 11.1 Å². The van der Waals surface area contributed by atoms with E-state index >= 15 is 4.39 Å². The Labute approximate surface area is 264 Å². The van der Waals surface area contributed by atoms with Gasteiger partial charge in [0.25, 0.3) is 17.7 Å². The third-order valence-electron chi connectivity index (χ3n) is 9.35. The van der Waals surface area contributed by atoms with Gasteiger partial charge in [-0.1, -0.05) is 24.3 Å². The quantitative estimate of drug-likeness (QED) is 0.322. The zero-order valence-corrected chi connectivity index (χ0v) is 25.8. The van der Waals surface area contributed by atoms with Gasteiger partial charge in [0.15, 0.2) is 6.10 Å². The molecule has 1 spiro atoms. The molecule has 2 amide bonds. The minimum atomic E-state index is -2.98. The van der Waals surface area contributed by atoms with Crippen molar-refractivity contribution < 1.29 is 27.9 Å². The Morgan fingerprint density at radius 2 is 1.80 bits per heavy atom. The van der Waals surface area contributed by atoms with Crippen LogP contribution in [0.3, 0.4) is 0 Å². The number of nitrogens with zero attached hydrogens (tertiary/aromatic N) is 3. The van der Waals surface area contributed by atoms with Gasteiger partial charge in [-0.2, -0.15) is 5.26 Å². The van der Waals surface area contributed by atoms with Crippen molar-refractivity contribution >= 4 is 23.3 Å². The normalized spacial score (nSPS) is 18.3. The second kappa shape index (κ2) is 11.3. The fourth-order valence-corrected chi connectivity index (χ4v) is 6.76. The lowest BCUT2D eigenvalue weighted by molar-refractivity contribution is -0.126. The molecule has 3 aliphatic rings. The van der Waals surface area contributed by atoms with Gasteiger partial charge in [0, 0.05) is 31.1 Å². The summed E-state index contributed by atoms with van der Waals surface area (Å²) in [6, 6.07) is 12.8. The summed E-state index contributed by atoms with van der Waals surface area (Å²) in [6.45, 7) is 5.07.